The number of rotatable bonds is 7. The van der Waals surface area contributed by atoms with Crippen molar-refractivity contribution in [3.8, 4) is 0 Å². The van der Waals surface area contributed by atoms with Gasteiger partial charge in [-0.25, -0.2) is 0 Å². The molecular formula is C10H21N3OS. The molecule has 0 saturated heterocycles. The zero-order valence-corrected chi connectivity index (χ0v) is 10.5. The summed E-state index contributed by atoms with van der Waals surface area (Å²) in [5, 5.41) is 0. The number of thiocarbonyl (C=S) groups is 1. The maximum Gasteiger partial charge on any atom is 0.234 e. The van der Waals surface area contributed by atoms with Crippen LogP contribution in [0, 0.1) is 5.92 Å². The van der Waals surface area contributed by atoms with Crippen LogP contribution in [0.15, 0.2) is 0 Å². The van der Waals surface area contributed by atoms with Crippen molar-refractivity contribution in [2.24, 2.45) is 17.4 Å². The molecule has 0 aromatic rings. The smallest absolute Gasteiger partial charge is 0.234 e. The van der Waals surface area contributed by atoms with Gasteiger partial charge in [0.15, 0.2) is 0 Å². The van der Waals surface area contributed by atoms with E-state index in [1.807, 2.05) is 11.8 Å². The summed E-state index contributed by atoms with van der Waals surface area (Å²) in [7, 11) is 0. The molecule has 0 aliphatic rings. The molecule has 1 unspecified atom stereocenters. The van der Waals surface area contributed by atoms with Crippen LogP contribution >= 0.6 is 12.2 Å². The molecular weight excluding hydrogens is 210 g/mol. The first-order chi connectivity index (χ1) is 6.84. The monoisotopic (exact) mass is 231 g/mol. The molecule has 4 nitrogen and oxygen atoms in total. The fraction of sp³-hybridized carbons (Fsp3) is 0.800. The molecule has 0 aliphatic carbocycles. The molecule has 0 aromatic carbocycles. The van der Waals surface area contributed by atoms with E-state index in [4.69, 9.17) is 23.7 Å². The van der Waals surface area contributed by atoms with E-state index in [0.717, 1.165) is 6.54 Å². The quantitative estimate of drug-likeness (QED) is 0.626. The summed E-state index contributed by atoms with van der Waals surface area (Å²) < 4.78 is 0. The van der Waals surface area contributed by atoms with Gasteiger partial charge in [0.25, 0.3) is 0 Å². The third kappa shape index (κ3) is 6.41. The summed E-state index contributed by atoms with van der Waals surface area (Å²) in [4.78, 5) is 13.6. The van der Waals surface area contributed by atoms with Crippen molar-refractivity contribution < 1.29 is 4.79 Å². The fourth-order valence-corrected chi connectivity index (χ4v) is 1.44. The summed E-state index contributed by atoms with van der Waals surface area (Å²) in [6.07, 6.45) is 0.625. The van der Waals surface area contributed by atoms with Gasteiger partial charge in [0, 0.05) is 19.5 Å². The Hall–Kier alpha value is -0.680. The molecule has 1 atom stereocenters. The molecule has 15 heavy (non-hydrogen) atoms. The van der Waals surface area contributed by atoms with E-state index < -0.39 is 0 Å². The van der Waals surface area contributed by atoms with Gasteiger partial charge in [-0.3, -0.25) is 9.69 Å². The van der Waals surface area contributed by atoms with Crippen LogP contribution in [-0.4, -0.2) is 34.9 Å². The Morgan fingerprint density at radius 1 is 1.33 bits per heavy atom. The first kappa shape index (κ1) is 14.3. The normalized spacial score (nSPS) is 13.1. The Balaban J connectivity index is 4.29. The minimum absolute atomic E-state index is 0.262. The fourth-order valence-electron chi connectivity index (χ4n) is 1.35. The van der Waals surface area contributed by atoms with Gasteiger partial charge < -0.3 is 11.5 Å². The SMILES string of the molecule is CC(C)CN(CCC(N)=S)C(C)C(N)=O. The van der Waals surface area contributed by atoms with Crippen LogP contribution in [0.5, 0.6) is 0 Å². The molecule has 0 rings (SSSR count). The number of amides is 1. The Bertz CT molecular complexity index is 231. The Kier molecular flexibility index (Phi) is 6.43. The van der Waals surface area contributed by atoms with Gasteiger partial charge in [0.2, 0.25) is 5.91 Å². The molecule has 0 aromatic heterocycles. The van der Waals surface area contributed by atoms with Crippen LogP contribution < -0.4 is 11.5 Å². The maximum absolute atomic E-state index is 11.1. The molecule has 0 bridgehead atoms. The number of nitrogens with two attached hydrogens (primary N) is 2. The van der Waals surface area contributed by atoms with Gasteiger partial charge in [-0.05, 0) is 12.8 Å². The number of nitrogens with zero attached hydrogens (tertiary/aromatic N) is 1. The Morgan fingerprint density at radius 2 is 1.87 bits per heavy atom. The van der Waals surface area contributed by atoms with Crippen LogP contribution in [0.3, 0.4) is 0 Å². The van der Waals surface area contributed by atoms with Gasteiger partial charge in [-0.2, -0.15) is 0 Å². The number of carbonyl (C=O) groups excluding carboxylic acids is 1. The Morgan fingerprint density at radius 3 is 2.20 bits per heavy atom. The molecule has 0 radical (unpaired) electrons. The summed E-state index contributed by atoms with van der Waals surface area (Å²) in [6, 6.07) is -0.262. The molecule has 1 amide bonds. The van der Waals surface area contributed by atoms with E-state index in [1.54, 1.807) is 0 Å². The first-order valence-corrected chi connectivity index (χ1v) is 5.57. The zero-order valence-electron chi connectivity index (χ0n) is 9.69. The van der Waals surface area contributed by atoms with E-state index in [-0.39, 0.29) is 11.9 Å². The summed E-state index contributed by atoms with van der Waals surface area (Å²) in [6.45, 7) is 7.53. The average molecular weight is 231 g/mol. The van der Waals surface area contributed by atoms with Crippen LogP contribution in [0.25, 0.3) is 0 Å². The number of hydrogen-bond donors (Lipinski definition) is 2. The van der Waals surface area contributed by atoms with Crippen molar-refractivity contribution >= 4 is 23.1 Å². The summed E-state index contributed by atoms with van der Waals surface area (Å²) in [5.41, 5.74) is 10.7. The average Bonchev–Trinajstić information content (AvgIpc) is 2.10. The van der Waals surface area contributed by atoms with Crippen LogP contribution in [-0.2, 0) is 4.79 Å². The third-order valence-electron chi connectivity index (χ3n) is 2.20. The van der Waals surface area contributed by atoms with Gasteiger partial charge in [-0.1, -0.05) is 26.1 Å². The van der Waals surface area contributed by atoms with E-state index in [1.165, 1.54) is 0 Å². The van der Waals surface area contributed by atoms with Crippen molar-refractivity contribution in [1.82, 2.24) is 4.90 Å². The van der Waals surface area contributed by atoms with E-state index in [0.29, 0.717) is 23.9 Å². The largest absolute Gasteiger partial charge is 0.393 e. The lowest BCUT2D eigenvalue weighted by atomic mass is 10.1. The second-order valence-electron chi connectivity index (χ2n) is 4.18. The highest BCUT2D eigenvalue weighted by Gasteiger charge is 2.19. The predicted molar refractivity (Wildman–Crippen MR) is 66.5 cm³/mol. The lowest BCUT2D eigenvalue weighted by Crippen LogP contribution is -2.45. The number of carbonyl (C=O) groups is 1. The first-order valence-electron chi connectivity index (χ1n) is 5.16. The van der Waals surface area contributed by atoms with Gasteiger partial charge >= 0.3 is 0 Å². The highest BCUT2D eigenvalue weighted by molar-refractivity contribution is 7.80. The summed E-state index contributed by atoms with van der Waals surface area (Å²) in [5.74, 6) is 0.178. The highest BCUT2D eigenvalue weighted by Crippen LogP contribution is 2.05. The van der Waals surface area contributed by atoms with E-state index in [9.17, 15) is 4.79 Å². The second kappa shape index (κ2) is 6.74. The lowest BCUT2D eigenvalue weighted by molar-refractivity contribution is -0.122. The van der Waals surface area contributed by atoms with Crippen molar-refractivity contribution in [3.63, 3.8) is 0 Å². The topological polar surface area (TPSA) is 72.3 Å². The van der Waals surface area contributed by atoms with Gasteiger partial charge in [-0.15, -0.1) is 0 Å². The second-order valence-corrected chi connectivity index (χ2v) is 4.71. The standard InChI is InChI=1S/C10H21N3OS/c1-7(2)6-13(5-4-9(11)15)8(3)10(12)14/h7-8H,4-6H2,1-3H3,(H2,11,15)(H2,12,14). The highest BCUT2D eigenvalue weighted by atomic mass is 32.1. The van der Waals surface area contributed by atoms with Crippen molar-refractivity contribution in [1.29, 1.82) is 0 Å². The van der Waals surface area contributed by atoms with E-state index >= 15 is 0 Å². The molecule has 4 N–H and O–H groups in total. The van der Waals surface area contributed by atoms with Crippen molar-refractivity contribution in [3.05, 3.63) is 0 Å². The molecule has 88 valence electrons. The minimum atomic E-state index is -0.307. The molecule has 0 fully saturated rings. The van der Waals surface area contributed by atoms with Crippen molar-refractivity contribution in [2.45, 2.75) is 33.2 Å². The minimum Gasteiger partial charge on any atom is -0.393 e. The predicted octanol–water partition coefficient (Wildman–Crippen LogP) is 0.494. The van der Waals surface area contributed by atoms with Crippen LogP contribution in [0.4, 0.5) is 0 Å². The third-order valence-corrected chi connectivity index (χ3v) is 2.41. The number of primary amides is 1. The molecule has 0 spiro atoms. The Labute approximate surface area is 97.0 Å². The van der Waals surface area contributed by atoms with Crippen LogP contribution in [0.2, 0.25) is 0 Å². The molecule has 0 saturated carbocycles. The number of hydrogen-bond acceptors (Lipinski definition) is 3. The van der Waals surface area contributed by atoms with E-state index in [2.05, 4.69) is 13.8 Å². The molecule has 0 heterocycles. The van der Waals surface area contributed by atoms with Crippen LogP contribution in [0.1, 0.15) is 27.2 Å². The zero-order chi connectivity index (χ0) is 12.0. The molecule has 5 heteroatoms. The lowest BCUT2D eigenvalue weighted by Gasteiger charge is -2.28. The van der Waals surface area contributed by atoms with Gasteiger partial charge in [0.05, 0.1) is 11.0 Å². The van der Waals surface area contributed by atoms with Crippen molar-refractivity contribution in [2.75, 3.05) is 13.1 Å². The van der Waals surface area contributed by atoms with Gasteiger partial charge in [0.1, 0.15) is 0 Å². The maximum atomic E-state index is 11.1. The molecule has 0 aliphatic heterocycles. The summed E-state index contributed by atoms with van der Waals surface area (Å²) >= 11 is 4.81.